The van der Waals surface area contributed by atoms with E-state index < -0.39 is 7.12 Å². The molecule has 0 saturated carbocycles. The highest BCUT2D eigenvalue weighted by Crippen LogP contribution is 2.35. The molecule has 78 heavy (non-hydrogen) atoms. The van der Waals surface area contributed by atoms with Gasteiger partial charge in [0.25, 0.3) is 0 Å². The number of halogens is 1. The first kappa shape index (κ1) is 46.8. The van der Waals surface area contributed by atoms with Crippen molar-refractivity contribution in [3.8, 4) is 33.6 Å². The lowest BCUT2D eigenvalue weighted by atomic mass is 9.80. The Bertz CT molecular complexity index is 4990. The van der Waals surface area contributed by atoms with E-state index in [0.29, 0.717) is 22.5 Å². The molecule has 10 nitrogen and oxygen atoms in total. The fourth-order valence-corrected chi connectivity index (χ4v) is 10.5. The maximum absolute atomic E-state index is 9.27. The largest absolute Gasteiger partial charge is 0.488 e. The third-order valence-corrected chi connectivity index (χ3v) is 14.7. The summed E-state index contributed by atoms with van der Waals surface area (Å²) >= 11 is 3.46. The maximum Gasteiger partial charge on any atom is 0.488 e. The number of aromatic nitrogens is 6. The lowest BCUT2D eigenvalue weighted by Crippen LogP contribution is -2.29. The van der Waals surface area contributed by atoms with Gasteiger partial charge in [0, 0.05) is 81.9 Å². The third-order valence-electron chi connectivity index (χ3n) is 14.2. The van der Waals surface area contributed by atoms with E-state index in [9.17, 15) is 10.0 Å². The summed E-state index contributed by atoms with van der Waals surface area (Å²) in [5.41, 5.74) is 15.1. The van der Waals surface area contributed by atoms with Crippen LogP contribution in [0.5, 0.6) is 0 Å². The summed E-state index contributed by atoms with van der Waals surface area (Å²) in [6.07, 6.45) is 3.64. The molecule has 8 heterocycles. The van der Waals surface area contributed by atoms with Crippen LogP contribution in [-0.4, -0.2) is 47.1 Å². The van der Waals surface area contributed by atoms with Gasteiger partial charge in [-0.25, -0.2) is 19.9 Å². The van der Waals surface area contributed by atoms with E-state index in [2.05, 4.69) is 152 Å². The van der Waals surface area contributed by atoms with Crippen molar-refractivity contribution < 1.29 is 18.9 Å². The summed E-state index contributed by atoms with van der Waals surface area (Å²) in [6.45, 7) is 0. The zero-order valence-corrected chi connectivity index (χ0v) is 42.9. The average molecular weight is 1070 g/mol. The predicted octanol–water partition coefficient (Wildman–Crippen LogP) is 15.6. The molecule has 8 aromatic carbocycles. The molecule has 0 aliphatic heterocycles. The van der Waals surface area contributed by atoms with Gasteiger partial charge in [-0.05, 0) is 95.5 Å². The highest BCUT2D eigenvalue weighted by atomic mass is 79.9. The zero-order chi connectivity index (χ0) is 52.3. The molecule has 2 N–H and O–H groups in total. The minimum Gasteiger partial charge on any atom is -0.438 e. The first-order chi connectivity index (χ1) is 38.3. The van der Waals surface area contributed by atoms with Crippen LogP contribution in [0.3, 0.4) is 0 Å². The smallest absolute Gasteiger partial charge is 0.438 e. The molecule has 0 aliphatic carbocycles. The SMILES string of the molecule is Brc1ccc(-c2ccc3ccc4cccnc4c3n2)cc1.OB(O)c1ccc2oc3nc4ccccc4cc3c2c1.c1ccc2nc3oc4ccc(-c5ccc(-c6ccc7ccc8cccnc8c7n6)cc5)cc4c3cc2c1. The molecule has 0 unspecified atom stereocenters. The van der Waals surface area contributed by atoms with Crippen LogP contribution >= 0.6 is 15.9 Å². The fourth-order valence-electron chi connectivity index (χ4n) is 10.2. The number of hydrogen-bond donors (Lipinski definition) is 2. The fraction of sp³-hybridized carbons (Fsp3) is 0. The maximum atomic E-state index is 9.27. The van der Waals surface area contributed by atoms with Gasteiger partial charge in [-0.3, -0.25) is 9.97 Å². The molecule has 0 aliphatic rings. The van der Waals surface area contributed by atoms with Gasteiger partial charge in [0.2, 0.25) is 11.4 Å². The number of hydrogen-bond acceptors (Lipinski definition) is 10. The minimum absolute atomic E-state index is 0.438. The Hall–Kier alpha value is -9.72. The molecule has 0 bridgehead atoms. The van der Waals surface area contributed by atoms with Crippen molar-refractivity contribution in [2.24, 2.45) is 0 Å². The van der Waals surface area contributed by atoms with E-state index in [1.165, 1.54) is 0 Å². The van der Waals surface area contributed by atoms with Crippen molar-refractivity contribution in [3.05, 3.63) is 235 Å². The highest BCUT2D eigenvalue weighted by molar-refractivity contribution is 9.10. The lowest BCUT2D eigenvalue weighted by molar-refractivity contribution is 0.426. The van der Waals surface area contributed by atoms with Crippen LogP contribution in [0.4, 0.5) is 0 Å². The van der Waals surface area contributed by atoms with Gasteiger partial charge in [0.05, 0.1) is 44.5 Å². The van der Waals surface area contributed by atoms with Gasteiger partial charge >= 0.3 is 7.12 Å². The summed E-state index contributed by atoms with van der Waals surface area (Å²) in [4.78, 5) is 28.1. The minimum atomic E-state index is -1.49. The van der Waals surface area contributed by atoms with Crippen LogP contribution < -0.4 is 5.46 Å². The normalized spacial score (nSPS) is 11.5. The Morgan fingerprint density at radius 2 is 0.782 bits per heavy atom. The quantitative estimate of drug-likeness (QED) is 0.129. The lowest BCUT2D eigenvalue weighted by Gasteiger charge is -2.07. The van der Waals surface area contributed by atoms with Crippen molar-refractivity contribution in [1.82, 2.24) is 29.9 Å². The number of nitrogens with zero attached hydrogens (tertiary/aromatic N) is 6. The number of fused-ring (bicyclic) bond motifs is 14. The van der Waals surface area contributed by atoms with Gasteiger partial charge < -0.3 is 18.9 Å². The first-order valence-corrected chi connectivity index (χ1v) is 26.1. The summed E-state index contributed by atoms with van der Waals surface area (Å²) in [5, 5.41) is 28.9. The molecule has 0 radical (unpaired) electrons. The Balaban J connectivity index is 0.000000115. The average Bonchev–Trinajstić information content (AvgIpc) is 4.22. The zero-order valence-electron chi connectivity index (χ0n) is 41.3. The van der Waals surface area contributed by atoms with Crippen LogP contribution in [0, 0.1) is 0 Å². The number of para-hydroxylation sites is 2. The monoisotopic (exact) mass is 1070 g/mol. The van der Waals surface area contributed by atoms with E-state index in [4.69, 9.17) is 23.8 Å². The topological polar surface area (TPSA) is 144 Å². The second-order valence-electron chi connectivity index (χ2n) is 19.0. The molecule has 0 atom stereocenters. The van der Waals surface area contributed by atoms with E-state index in [1.807, 2.05) is 91.3 Å². The van der Waals surface area contributed by atoms with Crippen LogP contribution in [-0.2, 0) is 0 Å². The molecule has 12 heteroatoms. The molecular weight excluding hydrogens is 1030 g/mol. The van der Waals surface area contributed by atoms with E-state index in [1.54, 1.807) is 18.2 Å². The molecule has 0 spiro atoms. The molecule has 368 valence electrons. The van der Waals surface area contributed by atoms with Crippen LogP contribution in [0.1, 0.15) is 0 Å². The van der Waals surface area contributed by atoms with E-state index in [-0.39, 0.29) is 0 Å². The van der Waals surface area contributed by atoms with Crippen LogP contribution in [0.25, 0.3) is 143 Å². The third kappa shape index (κ3) is 8.69. The molecular formula is C66H40BBrN6O4. The molecule has 8 aromatic heterocycles. The number of pyridine rings is 6. The van der Waals surface area contributed by atoms with Crippen LogP contribution in [0.2, 0.25) is 0 Å². The van der Waals surface area contributed by atoms with Gasteiger partial charge in [-0.2, -0.15) is 0 Å². The van der Waals surface area contributed by atoms with Crippen molar-refractivity contribution in [2.45, 2.75) is 0 Å². The van der Waals surface area contributed by atoms with Crippen molar-refractivity contribution in [1.29, 1.82) is 0 Å². The second kappa shape index (κ2) is 19.5. The van der Waals surface area contributed by atoms with Gasteiger partial charge in [-0.1, -0.05) is 155 Å². The van der Waals surface area contributed by atoms with Crippen molar-refractivity contribution >= 4 is 138 Å². The van der Waals surface area contributed by atoms with Gasteiger partial charge in [-0.15, -0.1) is 0 Å². The number of benzene rings is 8. The number of furan rings is 2. The van der Waals surface area contributed by atoms with Gasteiger partial charge in [0.1, 0.15) is 11.2 Å². The van der Waals surface area contributed by atoms with E-state index in [0.717, 1.165) is 131 Å². The Kier molecular flexibility index (Phi) is 11.7. The first-order valence-electron chi connectivity index (χ1n) is 25.3. The Labute approximate surface area is 453 Å². The predicted molar refractivity (Wildman–Crippen MR) is 320 cm³/mol. The second-order valence-corrected chi connectivity index (χ2v) is 19.9. The summed E-state index contributed by atoms with van der Waals surface area (Å²) in [5.74, 6) is 0. The Morgan fingerprint density at radius 1 is 0.346 bits per heavy atom. The van der Waals surface area contributed by atoms with Crippen LogP contribution in [0.15, 0.2) is 244 Å². The molecule has 0 saturated heterocycles. The highest BCUT2D eigenvalue weighted by Gasteiger charge is 2.17. The molecule has 0 fully saturated rings. The van der Waals surface area contributed by atoms with Crippen molar-refractivity contribution in [3.63, 3.8) is 0 Å². The van der Waals surface area contributed by atoms with Gasteiger partial charge in [0.15, 0.2) is 0 Å². The molecule has 16 aromatic rings. The molecule has 16 rings (SSSR count). The Morgan fingerprint density at radius 3 is 1.32 bits per heavy atom. The van der Waals surface area contributed by atoms with Crippen molar-refractivity contribution in [2.75, 3.05) is 0 Å². The summed E-state index contributed by atoms with van der Waals surface area (Å²) in [7, 11) is -1.49. The summed E-state index contributed by atoms with van der Waals surface area (Å²) < 4.78 is 12.9. The number of rotatable bonds is 4. The standard InChI is InChI=1S/C33H19N3O.C18H11BrN2.C15H10BNO3/c1-2-6-28-25(4-1)19-27-26-18-24(14-16-30(26)37-33(27)36-28)20-7-9-21(10-8-20)29-15-13-23-12-11-22-5-3-17-34-31(22)32(23)35-29;19-15-8-5-12(6-9-15)16-10-7-14-4-3-13-2-1-11-20-17(13)18(14)21-16;18-16(19)10-5-6-14-11(8-10)12-7-9-3-1-2-4-13(9)17-15(12)20-14/h1-19H;1-11H;1-8,18-19H. The summed E-state index contributed by atoms with van der Waals surface area (Å²) in [6, 6.07) is 73.1. The van der Waals surface area contributed by atoms with E-state index >= 15 is 0 Å². The molecule has 0 amide bonds.